The number of nitrogens with one attached hydrogen (secondary N) is 1. The Hall–Kier alpha value is -2.99. The fourth-order valence-electron chi connectivity index (χ4n) is 4.93. The van der Waals surface area contributed by atoms with E-state index in [9.17, 15) is 30.7 Å². The van der Waals surface area contributed by atoms with Crippen molar-refractivity contribution in [3.05, 3.63) is 82.7 Å². The van der Waals surface area contributed by atoms with Gasteiger partial charge in [0.15, 0.2) is 0 Å². The van der Waals surface area contributed by atoms with E-state index < -0.39 is 41.5 Å². The summed E-state index contributed by atoms with van der Waals surface area (Å²) in [5, 5.41) is 6.62. The summed E-state index contributed by atoms with van der Waals surface area (Å²) in [6.45, 7) is 1.86. The van der Waals surface area contributed by atoms with E-state index in [1.807, 2.05) is 11.9 Å². The molecule has 0 aliphatic heterocycles. The quantitative estimate of drug-likeness (QED) is 0.354. The van der Waals surface area contributed by atoms with Crippen LogP contribution in [0.1, 0.15) is 59.9 Å². The molecular weight excluding hydrogens is 505 g/mol. The minimum atomic E-state index is -4.95. The third-order valence-corrected chi connectivity index (χ3v) is 6.71. The molecule has 1 aliphatic carbocycles. The number of rotatable bonds is 7. The van der Waals surface area contributed by atoms with Crippen molar-refractivity contribution in [3.63, 3.8) is 0 Å². The van der Waals surface area contributed by atoms with E-state index in [1.165, 1.54) is 25.4 Å². The SMILES string of the molecule is C[C@@H](O[C@H]1CC[C@H](N(C)Cc2ncn[nH]2)[C@H]1c1ccc(F)cc1)c1cc(C(F)(F)F)cc(C(F)(F)F)c1. The average Bonchev–Trinajstić information content (AvgIpc) is 3.48. The van der Waals surface area contributed by atoms with Gasteiger partial charge in [-0.2, -0.15) is 31.4 Å². The zero-order valence-corrected chi connectivity index (χ0v) is 19.9. The van der Waals surface area contributed by atoms with Crippen LogP contribution in [0.15, 0.2) is 48.8 Å². The van der Waals surface area contributed by atoms with Gasteiger partial charge in [0.05, 0.1) is 29.9 Å². The van der Waals surface area contributed by atoms with E-state index in [0.717, 1.165) is 5.56 Å². The monoisotopic (exact) mass is 530 g/mol. The van der Waals surface area contributed by atoms with Crippen LogP contribution in [0, 0.1) is 5.82 Å². The molecule has 1 aliphatic rings. The van der Waals surface area contributed by atoms with Gasteiger partial charge in [0.1, 0.15) is 18.0 Å². The second-order valence-electron chi connectivity index (χ2n) is 9.23. The Bertz CT molecular complexity index is 1150. The maximum Gasteiger partial charge on any atom is 0.416 e. The molecule has 4 atom stereocenters. The molecule has 0 amide bonds. The van der Waals surface area contributed by atoms with Crippen LogP contribution in [-0.4, -0.2) is 39.3 Å². The molecule has 1 heterocycles. The van der Waals surface area contributed by atoms with Crippen molar-refractivity contribution in [1.82, 2.24) is 20.1 Å². The molecule has 1 N–H and O–H groups in total. The second kappa shape index (κ2) is 10.4. The van der Waals surface area contributed by atoms with Crippen molar-refractivity contribution >= 4 is 0 Å². The van der Waals surface area contributed by atoms with Gasteiger partial charge < -0.3 is 4.74 Å². The summed E-state index contributed by atoms with van der Waals surface area (Å²) in [5.41, 5.74) is -2.25. The normalized spacial score (nSPS) is 21.5. The molecule has 2 aromatic carbocycles. The van der Waals surface area contributed by atoms with Crippen LogP contribution in [0.2, 0.25) is 0 Å². The largest absolute Gasteiger partial charge is 0.416 e. The number of halogens is 7. The van der Waals surface area contributed by atoms with Crippen LogP contribution in [0.3, 0.4) is 0 Å². The number of likely N-dealkylation sites (N-methyl/N-ethyl adjacent to an activating group) is 1. The summed E-state index contributed by atoms with van der Waals surface area (Å²) in [5.74, 6) is -0.117. The third-order valence-electron chi connectivity index (χ3n) is 6.71. The average molecular weight is 530 g/mol. The van der Waals surface area contributed by atoms with Gasteiger partial charge >= 0.3 is 12.4 Å². The lowest BCUT2D eigenvalue weighted by Gasteiger charge is -2.33. The zero-order chi connectivity index (χ0) is 27.0. The fraction of sp³-hybridized carbons (Fsp3) is 0.440. The molecule has 0 bridgehead atoms. The molecular formula is C25H25F7N4O. The molecule has 1 fully saturated rings. The van der Waals surface area contributed by atoms with Gasteiger partial charge in [-0.1, -0.05) is 12.1 Å². The van der Waals surface area contributed by atoms with Gasteiger partial charge in [0, 0.05) is 12.0 Å². The van der Waals surface area contributed by atoms with E-state index in [0.29, 0.717) is 37.3 Å². The van der Waals surface area contributed by atoms with Crippen LogP contribution in [0.5, 0.6) is 0 Å². The van der Waals surface area contributed by atoms with Crippen LogP contribution in [0.4, 0.5) is 30.7 Å². The molecule has 0 saturated heterocycles. The van der Waals surface area contributed by atoms with E-state index in [-0.39, 0.29) is 23.6 Å². The van der Waals surface area contributed by atoms with Crippen molar-refractivity contribution in [2.75, 3.05) is 7.05 Å². The molecule has 1 aromatic heterocycles. The Labute approximate surface area is 208 Å². The topological polar surface area (TPSA) is 54.0 Å². The number of nitrogens with zero attached hydrogens (tertiary/aromatic N) is 3. The first-order valence-electron chi connectivity index (χ1n) is 11.6. The fourth-order valence-corrected chi connectivity index (χ4v) is 4.93. The van der Waals surface area contributed by atoms with Crippen molar-refractivity contribution in [2.24, 2.45) is 0 Å². The number of benzene rings is 2. The maximum absolute atomic E-state index is 13.6. The summed E-state index contributed by atoms with van der Waals surface area (Å²) in [7, 11) is 1.87. The lowest BCUT2D eigenvalue weighted by atomic mass is 9.91. The molecule has 37 heavy (non-hydrogen) atoms. The highest BCUT2D eigenvalue weighted by molar-refractivity contribution is 5.35. The lowest BCUT2D eigenvalue weighted by Crippen LogP contribution is -2.36. The number of aromatic amines is 1. The van der Waals surface area contributed by atoms with Gasteiger partial charge in [0.2, 0.25) is 0 Å². The Kier molecular flexibility index (Phi) is 7.61. The third kappa shape index (κ3) is 6.30. The molecule has 4 rings (SSSR count). The van der Waals surface area contributed by atoms with E-state index in [2.05, 4.69) is 15.2 Å². The minimum absolute atomic E-state index is 0.0988. The van der Waals surface area contributed by atoms with Crippen molar-refractivity contribution < 1.29 is 35.5 Å². The molecule has 0 unspecified atom stereocenters. The summed E-state index contributed by atoms with van der Waals surface area (Å²) in [6, 6.07) is 7.22. The van der Waals surface area contributed by atoms with Crippen LogP contribution in [-0.2, 0) is 23.6 Å². The van der Waals surface area contributed by atoms with Gasteiger partial charge in [-0.05, 0) is 68.3 Å². The van der Waals surface area contributed by atoms with E-state index in [4.69, 9.17) is 4.74 Å². The van der Waals surface area contributed by atoms with Crippen LogP contribution in [0.25, 0.3) is 0 Å². The van der Waals surface area contributed by atoms with Crippen molar-refractivity contribution in [3.8, 4) is 0 Å². The molecule has 3 aromatic rings. The molecule has 200 valence electrons. The molecule has 5 nitrogen and oxygen atoms in total. The standard InChI is InChI=1S/C25H25F7N4O/c1-14(16-9-17(24(27,28)29)11-18(10-16)25(30,31)32)37-21-8-7-20(36(2)12-22-33-13-34-35-22)23(21)15-3-5-19(26)6-4-15/h3-6,9-11,13-14,20-21,23H,7-8,12H2,1-2H3,(H,33,34,35)/t14-,20+,21+,23-/m1/s1. The Morgan fingerprint density at radius 3 is 2.16 bits per heavy atom. The summed E-state index contributed by atoms with van der Waals surface area (Å²) >= 11 is 0. The Morgan fingerprint density at radius 2 is 1.62 bits per heavy atom. The molecule has 0 radical (unpaired) electrons. The van der Waals surface area contributed by atoms with Gasteiger partial charge in [0.25, 0.3) is 0 Å². The predicted octanol–water partition coefficient (Wildman–Crippen LogP) is 6.51. The van der Waals surface area contributed by atoms with Crippen LogP contribution >= 0.6 is 0 Å². The van der Waals surface area contributed by atoms with Gasteiger partial charge in [-0.15, -0.1) is 0 Å². The number of hydrogen-bond acceptors (Lipinski definition) is 4. The maximum atomic E-state index is 13.6. The smallest absolute Gasteiger partial charge is 0.370 e. The number of aromatic nitrogens is 3. The van der Waals surface area contributed by atoms with Gasteiger partial charge in [-0.3, -0.25) is 10.00 Å². The minimum Gasteiger partial charge on any atom is -0.370 e. The van der Waals surface area contributed by atoms with E-state index >= 15 is 0 Å². The highest BCUT2D eigenvalue weighted by Gasteiger charge is 2.42. The van der Waals surface area contributed by atoms with E-state index in [1.54, 1.807) is 12.1 Å². The zero-order valence-electron chi connectivity index (χ0n) is 19.9. The predicted molar refractivity (Wildman–Crippen MR) is 120 cm³/mol. The summed E-state index contributed by atoms with van der Waals surface area (Å²) in [4.78, 5) is 6.15. The van der Waals surface area contributed by atoms with Crippen LogP contribution < -0.4 is 0 Å². The molecule has 12 heteroatoms. The Balaban J connectivity index is 1.63. The van der Waals surface area contributed by atoms with Crippen molar-refractivity contribution in [2.45, 2.75) is 62.8 Å². The highest BCUT2D eigenvalue weighted by Crippen LogP contribution is 2.43. The first-order chi connectivity index (χ1) is 17.3. The molecule has 0 spiro atoms. The summed E-state index contributed by atoms with van der Waals surface area (Å²) in [6.07, 6.45) is -8.97. The number of alkyl halides is 6. The first-order valence-corrected chi connectivity index (χ1v) is 11.6. The number of H-pyrrole nitrogens is 1. The Morgan fingerprint density at radius 1 is 1.00 bits per heavy atom. The molecule has 1 saturated carbocycles. The summed E-state index contributed by atoms with van der Waals surface area (Å²) < 4.78 is 99.9. The first kappa shape index (κ1) is 27.1. The number of ether oxygens (including phenoxy) is 1. The second-order valence-corrected chi connectivity index (χ2v) is 9.23. The lowest BCUT2D eigenvalue weighted by molar-refractivity contribution is -0.143. The highest BCUT2D eigenvalue weighted by atomic mass is 19.4. The van der Waals surface area contributed by atoms with Crippen molar-refractivity contribution in [1.29, 1.82) is 0 Å². The number of hydrogen-bond donors (Lipinski definition) is 1. The van der Waals surface area contributed by atoms with Gasteiger partial charge in [-0.25, -0.2) is 9.37 Å².